The largest absolute Gasteiger partial charge is 0.493 e. The first-order valence-corrected chi connectivity index (χ1v) is 13.5. The number of hydrogen-bond acceptors (Lipinski definition) is 5. The second kappa shape index (κ2) is 10.8. The maximum Gasteiger partial charge on any atom is 0.416 e. The van der Waals surface area contributed by atoms with Gasteiger partial charge in [-0.05, 0) is 56.1 Å². The van der Waals surface area contributed by atoms with Gasteiger partial charge in [-0.25, -0.2) is 13.1 Å². The Labute approximate surface area is 208 Å². The molecule has 0 radical (unpaired) electrons. The Morgan fingerprint density at radius 2 is 1.97 bits per heavy atom. The van der Waals surface area contributed by atoms with E-state index in [1.807, 2.05) is 18.2 Å². The third kappa shape index (κ3) is 6.37. The van der Waals surface area contributed by atoms with Gasteiger partial charge >= 0.3 is 6.18 Å². The van der Waals surface area contributed by atoms with Crippen molar-refractivity contribution in [3.05, 3.63) is 59.2 Å². The Kier molecular flexibility index (Phi) is 7.91. The molecule has 2 unspecified atom stereocenters. The van der Waals surface area contributed by atoms with Crippen molar-refractivity contribution in [1.29, 1.82) is 0 Å². The maximum absolute atomic E-state index is 13.0. The van der Waals surface area contributed by atoms with Crippen LogP contribution in [0.15, 0.2) is 47.4 Å². The zero-order chi connectivity index (χ0) is 25.9. The van der Waals surface area contributed by atoms with Crippen molar-refractivity contribution in [2.24, 2.45) is 0 Å². The Bertz CT molecular complexity index is 1200. The van der Waals surface area contributed by atoms with Crippen LogP contribution < -0.4 is 20.1 Å². The highest BCUT2D eigenvalue weighted by Crippen LogP contribution is 2.36. The molecule has 11 heteroatoms. The number of halogens is 3. The molecule has 3 atom stereocenters. The molecule has 0 aromatic heterocycles. The van der Waals surface area contributed by atoms with Gasteiger partial charge in [-0.3, -0.25) is 4.79 Å². The van der Waals surface area contributed by atoms with Crippen molar-refractivity contribution in [1.82, 2.24) is 15.4 Å². The fourth-order valence-electron chi connectivity index (χ4n) is 4.65. The predicted octanol–water partition coefficient (Wildman–Crippen LogP) is 4.22. The van der Waals surface area contributed by atoms with E-state index in [1.165, 1.54) is 19.8 Å². The van der Waals surface area contributed by atoms with Crippen molar-refractivity contribution in [2.75, 3.05) is 13.2 Å². The molecular formula is C25H30F3N3O4S. The Hall–Kier alpha value is -2.63. The van der Waals surface area contributed by atoms with E-state index in [-0.39, 0.29) is 24.4 Å². The topological polar surface area (TPSA) is 96.5 Å². The number of carbonyl (C=O) groups is 1. The standard InChI is InChI=1S/C25H30F3N3O4S/c1-16(31-36(33,34)19-6-4-5-18(15-19)25(26,27)28)13-24(32)30-22-10-12-35-23-14-17(8-9-20(22)23)21-7-2-3-11-29-21/h4-6,8-9,14-16,21-22,29,31H,2-3,7,10-13H2,1H3,(H,30,32)/t16-,21?,22?/m0/s1. The van der Waals surface area contributed by atoms with E-state index in [0.717, 1.165) is 48.0 Å². The van der Waals surface area contributed by atoms with Crippen LogP contribution in [0, 0.1) is 0 Å². The van der Waals surface area contributed by atoms with Gasteiger partial charge in [-0.1, -0.05) is 24.6 Å². The first-order valence-electron chi connectivity index (χ1n) is 12.0. The quantitative estimate of drug-likeness (QED) is 0.503. The van der Waals surface area contributed by atoms with Gasteiger partial charge < -0.3 is 15.4 Å². The van der Waals surface area contributed by atoms with Crippen LogP contribution in [0.2, 0.25) is 0 Å². The second-order valence-electron chi connectivity index (χ2n) is 9.31. The monoisotopic (exact) mass is 525 g/mol. The molecule has 4 rings (SSSR count). The molecule has 2 aliphatic rings. The average molecular weight is 526 g/mol. The van der Waals surface area contributed by atoms with Gasteiger partial charge in [0, 0.05) is 30.5 Å². The molecule has 0 saturated carbocycles. The molecule has 3 N–H and O–H groups in total. The van der Waals surface area contributed by atoms with Crippen LogP contribution in [-0.4, -0.2) is 33.5 Å². The number of hydrogen-bond donors (Lipinski definition) is 3. The van der Waals surface area contributed by atoms with E-state index < -0.39 is 32.7 Å². The summed E-state index contributed by atoms with van der Waals surface area (Å²) in [6, 6.07) is 8.70. The van der Waals surface area contributed by atoms with Crippen molar-refractivity contribution in [3.8, 4) is 5.75 Å². The molecule has 196 valence electrons. The van der Waals surface area contributed by atoms with Crippen LogP contribution in [0.25, 0.3) is 0 Å². The number of alkyl halides is 3. The summed E-state index contributed by atoms with van der Waals surface area (Å²) in [6.07, 6.45) is -0.860. The summed E-state index contributed by atoms with van der Waals surface area (Å²) in [5.74, 6) is 0.361. The lowest BCUT2D eigenvalue weighted by molar-refractivity contribution is -0.137. The van der Waals surface area contributed by atoms with E-state index in [1.54, 1.807) is 0 Å². The first kappa shape index (κ1) is 26.4. The molecule has 2 aromatic rings. The highest BCUT2D eigenvalue weighted by molar-refractivity contribution is 7.89. The number of rotatable bonds is 7. The number of benzene rings is 2. The SMILES string of the molecule is C[C@@H](CC(=O)NC1CCOc2cc(C3CCCCN3)ccc21)NS(=O)(=O)c1cccc(C(F)(F)F)c1. The summed E-state index contributed by atoms with van der Waals surface area (Å²) in [4.78, 5) is 12.2. The van der Waals surface area contributed by atoms with Crippen LogP contribution in [0.1, 0.15) is 67.8 Å². The smallest absolute Gasteiger partial charge is 0.416 e. The minimum atomic E-state index is -4.66. The second-order valence-corrected chi connectivity index (χ2v) is 11.0. The molecule has 2 aromatic carbocycles. The molecule has 1 fully saturated rings. The summed E-state index contributed by atoms with van der Waals surface area (Å²) in [6.45, 7) is 2.92. The summed E-state index contributed by atoms with van der Waals surface area (Å²) >= 11 is 0. The van der Waals surface area contributed by atoms with E-state index in [9.17, 15) is 26.4 Å². The molecule has 0 aliphatic carbocycles. The first-order chi connectivity index (χ1) is 17.0. The normalized spacial score (nSPS) is 21.2. The molecule has 2 aliphatic heterocycles. The van der Waals surface area contributed by atoms with Crippen LogP contribution in [0.4, 0.5) is 13.2 Å². The lowest BCUT2D eigenvalue weighted by Gasteiger charge is -2.29. The Morgan fingerprint density at radius 3 is 2.69 bits per heavy atom. The van der Waals surface area contributed by atoms with E-state index >= 15 is 0 Å². The fraction of sp³-hybridized carbons (Fsp3) is 0.480. The van der Waals surface area contributed by atoms with Gasteiger partial charge in [0.15, 0.2) is 0 Å². The van der Waals surface area contributed by atoms with E-state index in [2.05, 4.69) is 15.4 Å². The zero-order valence-corrected chi connectivity index (χ0v) is 20.7. The van der Waals surface area contributed by atoms with E-state index in [0.29, 0.717) is 19.1 Å². The zero-order valence-electron chi connectivity index (χ0n) is 19.9. The summed E-state index contributed by atoms with van der Waals surface area (Å²) in [5, 5.41) is 6.45. The van der Waals surface area contributed by atoms with Crippen molar-refractivity contribution in [2.45, 2.75) is 68.2 Å². The molecule has 1 saturated heterocycles. The van der Waals surface area contributed by atoms with Gasteiger partial charge in [0.05, 0.1) is 23.1 Å². The molecule has 7 nitrogen and oxygen atoms in total. The Morgan fingerprint density at radius 1 is 1.17 bits per heavy atom. The molecule has 0 spiro atoms. The van der Waals surface area contributed by atoms with Gasteiger partial charge in [0.2, 0.25) is 15.9 Å². The number of sulfonamides is 1. The summed E-state index contributed by atoms with van der Waals surface area (Å²) < 4.78 is 72.2. The van der Waals surface area contributed by atoms with Crippen molar-refractivity contribution < 1.29 is 31.1 Å². The fourth-order valence-corrected chi connectivity index (χ4v) is 5.94. The predicted molar refractivity (Wildman–Crippen MR) is 128 cm³/mol. The van der Waals surface area contributed by atoms with Crippen molar-refractivity contribution >= 4 is 15.9 Å². The van der Waals surface area contributed by atoms with Crippen LogP contribution in [-0.2, 0) is 21.0 Å². The molecular weight excluding hydrogens is 495 g/mol. The van der Waals surface area contributed by atoms with Gasteiger partial charge in [-0.15, -0.1) is 0 Å². The number of carbonyl (C=O) groups excluding carboxylic acids is 1. The minimum Gasteiger partial charge on any atom is -0.493 e. The lowest BCUT2D eigenvalue weighted by Crippen LogP contribution is -2.39. The molecule has 36 heavy (non-hydrogen) atoms. The summed E-state index contributed by atoms with van der Waals surface area (Å²) in [5.41, 5.74) is 0.959. The number of fused-ring (bicyclic) bond motifs is 1. The molecule has 2 heterocycles. The van der Waals surface area contributed by atoms with Gasteiger partial charge in [0.1, 0.15) is 5.75 Å². The summed E-state index contributed by atoms with van der Waals surface area (Å²) in [7, 11) is -4.24. The van der Waals surface area contributed by atoms with E-state index in [4.69, 9.17) is 4.74 Å². The third-order valence-electron chi connectivity index (χ3n) is 6.44. The average Bonchev–Trinajstić information content (AvgIpc) is 2.83. The van der Waals surface area contributed by atoms with Gasteiger partial charge in [0.25, 0.3) is 0 Å². The van der Waals surface area contributed by atoms with Crippen LogP contribution in [0.3, 0.4) is 0 Å². The molecule has 0 bridgehead atoms. The Balaban J connectivity index is 1.37. The highest BCUT2D eigenvalue weighted by atomic mass is 32.2. The molecule has 1 amide bonds. The van der Waals surface area contributed by atoms with Crippen molar-refractivity contribution in [3.63, 3.8) is 0 Å². The third-order valence-corrected chi connectivity index (χ3v) is 8.03. The van der Waals surface area contributed by atoms with Gasteiger partial charge in [-0.2, -0.15) is 13.2 Å². The lowest BCUT2D eigenvalue weighted by atomic mass is 9.93. The minimum absolute atomic E-state index is 0.172. The number of ether oxygens (including phenoxy) is 1. The highest BCUT2D eigenvalue weighted by Gasteiger charge is 2.32. The number of amides is 1. The maximum atomic E-state index is 13.0. The van der Waals surface area contributed by atoms with Crippen LogP contribution in [0.5, 0.6) is 5.75 Å². The van der Waals surface area contributed by atoms with Crippen LogP contribution >= 0.6 is 0 Å². The number of piperidine rings is 1. The number of nitrogens with one attached hydrogen (secondary N) is 3.